The van der Waals surface area contributed by atoms with Crippen LogP contribution in [0.2, 0.25) is 0 Å². The number of aliphatic carboxylic acids is 1. The minimum Gasteiger partial charge on any atom is -0.481 e. The quantitative estimate of drug-likeness (QED) is 0.0769. The largest absolute Gasteiger partial charge is 0.481 e. The number of thiazole rings is 1. The molecular weight excluding hydrogens is 828 g/mol. The van der Waals surface area contributed by atoms with E-state index in [0.29, 0.717) is 35.1 Å². The Morgan fingerprint density at radius 1 is 0.935 bits per heavy atom. The summed E-state index contributed by atoms with van der Waals surface area (Å²) in [5.74, 6) is -2.94. The van der Waals surface area contributed by atoms with Crippen molar-refractivity contribution in [2.24, 2.45) is 17.6 Å². The number of pyridine rings is 1. The predicted molar refractivity (Wildman–Crippen MR) is 226 cm³/mol. The number of hydrogen-bond acceptors (Lipinski definition) is 11. The van der Waals surface area contributed by atoms with E-state index in [1.165, 1.54) is 23.5 Å². The molecule has 7 rings (SSSR count). The van der Waals surface area contributed by atoms with Crippen molar-refractivity contribution in [2.45, 2.75) is 95.4 Å². The SMILES string of the molecule is CC(C)(O)c1cc2nc([C@H]3CC[C@H](CN4CCC(CCNc5cccc6c5C(=O)N(C(CCC(=O)O)C(N)=O)C6=O)CC4)CC3)sc2cc1NC(=O)c1cccc(C(F)(F)F)n1. The molecule has 18 heteroatoms. The van der Waals surface area contributed by atoms with Crippen molar-refractivity contribution in [3.63, 3.8) is 0 Å². The third-order valence-corrected chi connectivity index (χ3v) is 13.4. The number of carbonyl (C=O) groups excluding carboxylic acids is 4. The van der Waals surface area contributed by atoms with Crippen LogP contribution in [0.3, 0.4) is 0 Å². The van der Waals surface area contributed by atoms with E-state index in [4.69, 9.17) is 15.8 Å². The molecule has 1 atom stereocenters. The van der Waals surface area contributed by atoms with Crippen LogP contribution in [0.1, 0.15) is 125 Å². The first kappa shape index (κ1) is 44.6. The third-order valence-electron chi connectivity index (χ3n) is 12.2. The van der Waals surface area contributed by atoms with Gasteiger partial charge in [-0.25, -0.2) is 9.97 Å². The summed E-state index contributed by atoms with van der Waals surface area (Å²) in [4.78, 5) is 74.7. The number of imide groups is 1. The number of nitrogens with two attached hydrogens (primary N) is 1. The summed E-state index contributed by atoms with van der Waals surface area (Å²) < 4.78 is 40.6. The summed E-state index contributed by atoms with van der Waals surface area (Å²) in [6.07, 6.45) is 1.65. The first-order valence-electron chi connectivity index (χ1n) is 20.9. The topological polar surface area (TPSA) is 208 Å². The zero-order valence-electron chi connectivity index (χ0n) is 34.5. The number of likely N-dealkylation sites (tertiary alicyclic amines) is 1. The number of alkyl halides is 3. The zero-order valence-corrected chi connectivity index (χ0v) is 35.3. The Bertz CT molecular complexity index is 2370. The number of aliphatic hydroxyl groups is 1. The van der Waals surface area contributed by atoms with E-state index in [1.807, 2.05) is 0 Å². The van der Waals surface area contributed by atoms with Gasteiger partial charge in [0.2, 0.25) is 5.91 Å². The summed E-state index contributed by atoms with van der Waals surface area (Å²) in [6, 6.07) is 10.1. The lowest BCUT2D eigenvalue weighted by Crippen LogP contribution is -2.48. The molecule has 4 aromatic rings. The Morgan fingerprint density at radius 3 is 2.31 bits per heavy atom. The van der Waals surface area contributed by atoms with Crippen molar-refractivity contribution in [3.8, 4) is 0 Å². The summed E-state index contributed by atoms with van der Waals surface area (Å²) in [7, 11) is 0. The van der Waals surface area contributed by atoms with Gasteiger partial charge in [0.05, 0.1) is 32.0 Å². The lowest BCUT2D eigenvalue weighted by molar-refractivity contribution is -0.141. The maximum atomic E-state index is 13.4. The summed E-state index contributed by atoms with van der Waals surface area (Å²) in [5.41, 5.74) is 4.70. The number of aromatic nitrogens is 2. The molecule has 1 saturated heterocycles. The number of carboxylic acids is 1. The van der Waals surface area contributed by atoms with Crippen LogP contribution in [0.5, 0.6) is 0 Å². The molecular formula is C44H50F3N7O7S. The highest BCUT2D eigenvalue weighted by Crippen LogP contribution is 2.42. The summed E-state index contributed by atoms with van der Waals surface area (Å²) in [5, 5.41) is 27.1. The van der Waals surface area contributed by atoms with E-state index in [0.717, 1.165) is 91.3 Å². The number of rotatable bonds is 15. The van der Waals surface area contributed by atoms with Gasteiger partial charge in [-0.2, -0.15) is 13.2 Å². The van der Waals surface area contributed by atoms with E-state index in [1.54, 1.807) is 38.1 Å². The van der Waals surface area contributed by atoms with Crippen molar-refractivity contribution in [1.82, 2.24) is 19.8 Å². The number of nitrogens with one attached hydrogen (secondary N) is 2. The number of hydrogen-bond donors (Lipinski definition) is 5. The lowest BCUT2D eigenvalue weighted by Gasteiger charge is -2.36. The fourth-order valence-electron chi connectivity index (χ4n) is 8.90. The smallest absolute Gasteiger partial charge is 0.433 e. The molecule has 6 N–H and O–H groups in total. The van der Waals surface area contributed by atoms with Gasteiger partial charge in [0.15, 0.2) is 0 Å². The summed E-state index contributed by atoms with van der Waals surface area (Å²) in [6.45, 7) is 6.73. The Labute approximate surface area is 360 Å². The van der Waals surface area contributed by atoms with Crippen LogP contribution in [-0.2, 0) is 21.4 Å². The van der Waals surface area contributed by atoms with Crippen molar-refractivity contribution in [1.29, 1.82) is 0 Å². The molecule has 62 heavy (non-hydrogen) atoms. The maximum Gasteiger partial charge on any atom is 0.433 e. The number of carboxylic acid groups (broad SMARTS) is 1. The molecule has 2 aromatic carbocycles. The van der Waals surface area contributed by atoms with Crippen molar-refractivity contribution in [3.05, 3.63) is 81.6 Å². The van der Waals surface area contributed by atoms with E-state index in [2.05, 4.69) is 20.5 Å². The van der Waals surface area contributed by atoms with Gasteiger partial charge >= 0.3 is 12.1 Å². The third kappa shape index (κ3) is 9.92. The Hall–Kier alpha value is -5.46. The monoisotopic (exact) mass is 877 g/mol. The second kappa shape index (κ2) is 18.1. The molecule has 1 unspecified atom stereocenters. The van der Waals surface area contributed by atoms with Crippen LogP contribution < -0.4 is 16.4 Å². The molecule has 0 bridgehead atoms. The number of piperidine rings is 1. The van der Waals surface area contributed by atoms with Gasteiger partial charge < -0.3 is 31.5 Å². The van der Waals surface area contributed by atoms with Gasteiger partial charge in [0.25, 0.3) is 17.7 Å². The standard InChI is InChI=1S/C44H50F3N7O7S/c1-43(2,61)28-21-32-34(22-31(28)51-39(58)30-7-4-8-35(50-30)44(45,46)47)62-40(52-32)26-11-9-25(10-12-26)23-53-19-16-24(17-20-53)15-18-49-29-6-3-5-27-37(29)42(60)54(41(27)59)33(38(48)57)13-14-36(55)56/h3-8,21-22,24-26,33,49,61H,9-20,23H2,1-2H3,(H2,48,57)(H,51,58)(H,55,56)/t25-,26-,33?. The van der Waals surface area contributed by atoms with E-state index in [-0.39, 0.29) is 29.2 Å². The van der Waals surface area contributed by atoms with Gasteiger partial charge in [0.1, 0.15) is 17.4 Å². The number of nitrogens with zero attached hydrogens (tertiary/aromatic N) is 4. The minimum absolute atomic E-state index is 0.154. The van der Waals surface area contributed by atoms with Crippen molar-refractivity contribution in [2.75, 3.05) is 36.8 Å². The Balaban J connectivity index is 0.888. The first-order chi connectivity index (χ1) is 29.4. The first-order valence-corrected chi connectivity index (χ1v) is 21.7. The number of primary amides is 1. The average Bonchev–Trinajstić information content (AvgIpc) is 3.75. The Morgan fingerprint density at radius 2 is 1.65 bits per heavy atom. The second-order valence-electron chi connectivity index (χ2n) is 17.1. The molecule has 0 radical (unpaired) electrons. The highest BCUT2D eigenvalue weighted by Gasteiger charge is 2.43. The van der Waals surface area contributed by atoms with Crippen molar-refractivity contribution < 1.29 is 47.4 Å². The number of benzene rings is 2. The molecule has 4 heterocycles. The normalized spacial score (nSPS) is 19.4. The minimum atomic E-state index is -4.70. The number of anilines is 2. The van der Waals surface area contributed by atoms with Gasteiger partial charge in [0, 0.05) is 42.4 Å². The predicted octanol–water partition coefficient (Wildman–Crippen LogP) is 6.99. The van der Waals surface area contributed by atoms with E-state index < -0.39 is 65.2 Å². The molecule has 2 aromatic heterocycles. The molecule has 2 fully saturated rings. The zero-order chi connectivity index (χ0) is 44.5. The molecule has 2 aliphatic heterocycles. The Kier molecular flexibility index (Phi) is 13.0. The highest BCUT2D eigenvalue weighted by molar-refractivity contribution is 7.18. The molecule has 14 nitrogen and oxygen atoms in total. The summed E-state index contributed by atoms with van der Waals surface area (Å²) >= 11 is 1.53. The molecule has 1 saturated carbocycles. The van der Waals surface area contributed by atoms with Gasteiger partial charge in [-0.3, -0.25) is 28.9 Å². The maximum absolute atomic E-state index is 13.4. The van der Waals surface area contributed by atoms with Crippen molar-refractivity contribution >= 4 is 62.5 Å². The van der Waals surface area contributed by atoms with Crippen LogP contribution in [0.4, 0.5) is 24.5 Å². The molecule has 1 aliphatic carbocycles. The fourth-order valence-corrected chi connectivity index (χ4v) is 10.1. The van der Waals surface area contributed by atoms with Gasteiger partial charge in [-0.15, -0.1) is 11.3 Å². The molecule has 0 spiro atoms. The van der Waals surface area contributed by atoms with Gasteiger partial charge in [-0.05, 0) is 127 Å². The van der Waals surface area contributed by atoms with Crippen LogP contribution in [-0.4, -0.2) is 91.8 Å². The van der Waals surface area contributed by atoms with Gasteiger partial charge in [-0.1, -0.05) is 12.1 Å². The second-order valence-corrected chi connectivity index (χ2v) is 18.1. The van der Waals surface area contributed by atoms with Crippen LogP contribution in [0, 0.1) is 11.8 Å². The number of carbonyl (C=O) groups is 5. The fraction of sp³-hybridized carbons (Fsp3) is 0.477. The number of halogens is 3. The molecule has 4 amide bonds. The number of fused-ring (bicyclic) bond motifs is 2. The molecule has 330 valence electrons. The van der Waals surface area contributed by atoms with Crippen LogP contribution >= 0.6 is 11.3 Å². The van der Waals surface area contributed by atoms with Crippen LogP contribution in [0.15, 0.2) is 48.5 Å². The molecule has 3 aliphatic rings. The lowest BCUT2D eigenvalue weighted by atomic mass is 9.81. The average molecular weight is 878 g/mol. The van der Waals surface area contributed by atoms with Crippen LogP contribution in [0.25, 0.3) is 10.2 Å². The van der Waals surface area contributed by atoms with E-state index in [9.17, 15) is 42.3 Å². The van der Waals surface area contributed by atoms with E-state index >= 15 is 0 Å². The highest BCUT2D eigenvalue weighted by atomic mass is 32.1. The number of amides is 4.